The Hall–Kier alpha value is -1.33. The van der Waals surface area contributed by atoms with Gasteiger partial charge >= 0.3 is 4.87 Å². The molecule has 0 amide bonds. The van der Waals surface area contributed by atoms with E-state index in [9.17, 15) is 4.79 Å². The highest BCUT2D eigenvalue weighted by molar-refractivity contribution is 7.06. The number of fused-ring (bicyclic) bond motifs is 1. The van der Waals surface area contributed by atoms with E-state index in [1.807, 2.05) is 29.8 Å². The molecule has 1 aromatic heterocycles. The van der Waals surface area contributed by atoms with E-state index in [2.05, 4.69) is 4.99 Å². The standard InChI is InChI=1S/C13H14ClN3OS/c1-9-8-10(14)4-5-11(9)15-12-16-6-2-3-7-17(16)13(18)19-12/h4-5,8H,2-3,6-7H2,1H3. The average molecular weight is 296 g/mol. The smallest absolute Gasteiger partial charge is 0.256 e. The molecule has 0 radical (unpaired) electrons. The Labute approximate surface area is 119 Å². The molecular weight excluding hydrogens is 282 g/mol. The molecule has 2 heterocycles. The topological polar surface area (TPSA) is 39.3 Å². The van der Waals surface area contributed by atoms with Crippen LogP contribution in [-0.4, -0.2) is 9.36 Å². The number of aryl methyl sites for hydroxylation is 1. The molecule has 4 nitrogen and oxygen atoms in total. The summed E-state index contributed by atoms with van der Waals surface area (Å²) in [4.78, 5) is 17.4. The van der Waals surface area contributed by atoms with Crippen LogP contribution in [0.25, 0.3) is 0 Å². The van der Waals surface area contributed by atoms with E-state index in [4.69, 9.17) is 11.6 Å². The number of hydrogen-bond acceptors (Lipinski definition) is 3. The lowest BCUT2D eigenvalue weighted by Crippen LogP contribution is -2.31. The molecule has 0 bridgehead atoms. The lowest BCUT2D eigenvalue weighted by Gasteiger charge is -2.15. The van der Waals surface area contributed by atoms with Gasteiger partial charge in [-0.3, -0.25) is 9.48 Å². The molecule has 2 aromatic rings. The normalized spacial score (nSPS) is 15.6. The van der Waals surface area contributed by atoms with Crippen LogP contribution in [0, 0.1) is 6.92 Å². The molecular formula is C13H14ClN3OS. The Kier molecular flexibility index (Phi) is 3.33. The molecule has 6 heteroatoms. The summed E-state index contributed by atoms with van der Waals surface area (Å²) in [6.45, 7) is 3.63. The van der Waals surface area contributed by atoms with E-state index in [0.29, 0.717) is 5.02 Å². The van der Waals surface area contributed by atoms with Crippen molar-refractivity contribution in [3.05, 3.63) is 43.3 Å². The van der Waals surface area contributed by atoms with Gasteiger partial charge < -0.3 is 0 Å². The molecule has 1 aliphatic rings. The van der Waals surface area contributed by atoms with Crippen LogP contribution >= 0.6 is 22.9 Å². The molecule has 0 spiro atoms. The van der Waals surface area contributed by atoms with Crippen molar-refractivity contribution < 1.29 is 0 Å². The van der Waals surface area contributed by atoms with Crippen molar-refractivity contribution in [2.24, 2.45) is 4.99 Å². The van der Waals surface area contributed by atoms with Gasteiger partial charge in [-0.05, 0) is 54.9 Å². The van der Waals surface area contributed by atoms with Crippen LogP contribution in [-0.2, 0) is 13.1 Å². The zero-order valence-corrected chi connectivity index (χ0v) is 12.2. The second-order valence-electron chi connectivity index (χ2n) is 4.65. The van der Waals surface area contributed by atoms with Gasteiger partial charge in [-0.25, -0.2) is 9.67 Å². The maximum absolute atomic E-state index is 11.9. The zero-order valence-electron chi connectivity index (χ0n) is 10.6. The molecule has 0 N–H and O–H groups in total. The Morgan fingerprint density at radius 3 is 2.74 bits per heavy atom. The predicted molar refractivity (Wildman–Crippen MR) is 77.2 cm³/mol. The minimum absolute atomic E-state index is 0.0741. The van der Waals surface area contributed by atoms with E-state index >= 15 is 0 Å². The summed E-state index contributed by atoms with van der Waals surface area (Å²) in [5.41, 5.74) is 1.88. The second-order valence-corrected chi connectivity index (χ2v) is 6.00. The molecule has 1 aromatic carbocycles. The largest absolute Gasteiger partial charge is 0.325 e. The first-order chi connectivity index (χ1) is 9.15. The number of halogens is 1. The van der Waals surface area contributed by atoms with Gasteiger partial charge in [-0.15, -0.1) is 0 Å². The van der Waals surface area contributed by atoms with Crippen LogP contribution in [0.5, 0.6) is 0 Å². The van der Waals surface area contributed by atoms with Gasteiger partial charge in [0.2, 0.25) is 4.80 Å². The quantitative estimate of drug-likeness (QED) is 0.797. The van der Waals surface area contributed by atoms with Gasteiger partial charge in [0.1, 0.15) is 0 Å². The number of nitrogens with zero attached hydrogens (tertiary/aromatic N) is 3. The second kappa shape index (κ2) is 4.98. The van der Waals surface area contributed by atoms with Crippen molar-refractivity contribution >= 4 is 28.6 Å². The van der Waals surface area contributed by atoms with Gasteiger partial charge in [0, 0.05) is 18.1 Å². The maximum atomic E-state index is 11.9. The maximum Gasteiger partial charge on any atom is 0.325 e. The third-order valence-corrected chi connectivity index (χ3v) is 4.37. The monoisotopic (exact) mass is 295 g/mol. The fraction of sp³-hybridized carbons (Fsp3) is 0.385. The first-order valence-corrected chi connectivity index (χ1v) is 7.46. The molecule has 19 heavy (non-hydrogen) atoms. The first kappa shape index (κ1) is 12.7. The molecule has 0 unspecified atom stereocenters. The molecule has 0 saturated heterocycles. The first-order valence-electron chi connectivity index (χ1n) is 6.27. The van der Waals surface area contributed by atoms with Crippen LogP contribution in [0.3, 0.4) is 0 Å². The molecule has 3 rings (SSSR count). The van der Waals surface area contributed by atoms with Crippen molar-refractivity contribution in [3.63, 3.8) is 0 Å². The molecule has 0 atom stereocenters. The summed E-state index contributed by atoms with van der Waals surface area (Å²) in [5.74, 6) is 0. The Morgan fingerprint density at radius 1 is 1.26 bits per heavy atom. The van der Waals surface area contributed by atoms with Crippen molar-refractivity contribution in [2.75, 3.05) is 0 Å². The number of benzene rings is 1. The van der Waals surface area contributed by atoms with E-state index in [0.717, 1.165) is 42.0 Å². The minimum atomic E-state index is 0.0741. The molecule has 0 fully saturated rings. The lowest BCUT2D eigenvalue weighted by atomic mass is 10.2. The lowest BCUT2D eigenvalue weighted by molar-refractivity contribution is 0.345. The highest BCUT2D eigenvalue weighted by atomic mass is 35.5. The fourth-order valence-electron chi connectivity index (χ4n) is 2.26. The van der Waals surface area contributed by atoms with Crippen molar-refractivity contribution in [2.45, 2.75) is 32.9 Å². The third kappa shape index (κ3) is 2.40. The van der Waals surface area contributed by atoms with E-state index in [-0.39, 0.29) is 4.87 Å². The number of rotatable bonds is 1. The van der Waals surface area contributed by atoms with Crippen LogP contribution in [0.15, 0.2) is 28.0 Å². The van der Waals surface area contributed by atoms with Gasteiger partial charge in [0.05, 0.1) is 5.69 Å². The molecule has 0 saturated carbocycles. The van der Waals surface area contributed by atoms with E-state index in [1.165, 1.54) is 11.3 Å². The molecule has 100 valence electrons. The molecule has 1 aliphatic heterocycles. The van der Waals surface area contributed by atoms with Crippen molar-refractivity contribution in [1.82, 2.24) is 9.36 Å². The summed E-state index contributed by atoms with van der Waals surface area (Å²) in [7, 11) is 0. The third-order valence-electron chi connectivity index (χ3n) is 3.27. The fourth-order valence-corrected chi connectivity index (χ4v) is 3.38. The zero-order chi connectivity index (χ0) is 13.4. The summed E-state index contributed by atoms with van der Waals surface area (Å²) in [6.07, 6.45) is 2.17. The van der Waals surface area contributed by atoms with Gasteiger partial charge in [-0.2, -0.15) is 0 Å². The average Bonchev–Trinajstić information content (AvgIpc) is 2.71. The van der Waals surface area contributed by atoms with Crippen LogP contribution in [0.2, 0.25) is 5.02 Å². The van der Waals surface area contributed by atoms with Crippen LogP contribution in [0.4, 0.5) is 5.69 Å². The SMILES string of the molecule is Cc1cc(Cl)ccc1N=c1sc(=O)n2n1CCCC2. The summed E-state index contributed by atoms with van der Waals surface area (Å²) in [5, 5.41) is 0.705. The van der Waals surface area contributed by atoms with Gasteiger partial charge in [0.15, 0.2) is 0 Å². The summed E-state index contributed by atoms with van der Waals surface area (Å²) < 4.78 is 3.78. The minimum Gasteiger partial charge on any atom is -0.256 e. The Balaban J connectivity index is 2.16. The highest BCUT2D eigenvalue weighted by Crippen LogP contribution is 2.21. The number of aromatic nitrogens is 2. The molecule has 0 aliphatic carbocycles. The highest BCUT2D eigenvalue weighted by Gasteiger charge is 2.12. The van der Waals surface area contributed by atoms with Crippen molar-refractivity contribution in [1.29, 1.82) is 0 Å². The van der Waals surface area contributed by atoms with Crippen LogP contribution in [0.1, 0.15) is 18.4 Å². The number of hydrogen-bond donors (Lipinski definition) is 0. The van der Waals surface area contributed by atoms with Gasteiger partial charge in [0.25, 0.3) is 0 Å². The Bertz CT molecular complexity index is 741. The Morgan fingerprint density at radius 2 is 2.00 bits per heavy atom. The van der Waals surface area contributed by atoms with Gasteiger partial charge in [-0.1, -0.05) is 11.6 Å². The van der Waals surface area contributed by atoms with E-state index < -0.39 is 0 Å². The van der Waals surface area contributed by atoms with Crippen LogP contribution < -0.4 is 9.67 Å². The summed E-state index contributed by atoms with van der Waals surface area (Å²) >= 11 is 7.15. The van der Waals surface area contributed by atoms with Crippen molar-refractivity contribution in [3.8, 4) is 0 Å². The summed E-state index contributed by atoms with van der Waals surface area (Å²) in [6, 6.07) is 5.60. The predicted octanol–water partition coefficient (Wildman–Crippen LogP) is 2.70. The van der Waals surface area contributed by atoms with E-state index in [1.54, 1.807) is 4.68 Å².